The van der Waals surface area contributed by atoms with Crippen molar-refractivity contribution in [2.45, 2.75) is 6.42 Å². The lowest BCUT2D eigenvalue weighted by atomic mass is 9.99. The highest BCUT2D eigenvalue weighted by Crippen LogP contribution is 2.42. The Labute approximate surface area is 259 Å². The molecular formula is C37H22O8S. The highest BCUT2D eigenvalue weighted by Gasteiger charge is 2.27. The molecule has 0 atom stereocenters. The number of carbonyl (C=O) groups excluding carboxylic acids is 2. The van der Waals surface area contributed by atoms with Gasteiger partial charge < -0.3 is 0 Å². The number of Topliss-reactive ketones (excluding diaryl/α,β-unsaturated/α-hetero) is 2. The maximum atomic E-state index is 13.5. The van der Waals surface area contributed by atoms with E-state index in [1.54, 1.807) is 42.5 Å². The minimum absolute atomic E-state index is 0.0504. The van der Waals surface area contributed by atoms with Crippen molar-refractivity contribution in [2.24, 2.45) is 0 Å². The van der Waals surface area contributed by atoms with Crippen LogP contribution in [0, 0.1) is 0 Å². The third kappa shape index (κ3) is 4.40. The zero-order chi connectivity index (χ0) is 32.5. The smallest absolute Gasteiger partial charge is 0.261 e. The topological polar surface area (TPSA) is 140 Å². The molecular weight excluding hydrogens is 604 g/mol. The van der Waals surface area contributed by atoms with Crippen LogP contribution in [-0.4, -0.2) is 30.8 Å². The normalized spacial score (nSPS) is 13.0. The Kier molecular flexibility index (Phi) is 6.62. The van der Waals surface area contributed by atoms with Crippen molar-refractivity contribution >= 4 is 86.3 Å². The predicted molar refractivity (Wildman–Crippen MR) is 181 cm³/mol. The molecule has 0 aromatic heterocycles. The number of hydrogen-bond acceptors (Lipinski definition) is 7. The molecule has 0 bridgehead atoms. The molecule has 0 spiro atoms. The van der Waals surface area contributed by atoms with Crippen LogP contribution in [0.15, 0.2) is 111 Å². The molecule has 1 N–H and O–H groups in total. The molecule has 0 radical (unpaired) electrons. The molecule has 0 aliphatic heterocycles. The zero-order valence-electron chi connectivity index (χ0n) is 24.2. The molecule has 224 valence electrons. The van der Waals surface area contributed by atoms with Crippen LogP contribution >= 0.6 is 0 Å². The highest BCUT2D eigenvalue weighted by atomic mass is 32.2. The molecule has 0 fully saturated rings. The lowest BCUT2D eigenvalue weighted by Crippen LogP contribution is -1.99. The first kappa shape index (κ1) is 29.1. The lowest BCUT2D eigenvalue weighted by Gasteiger charge is -2.01. The van der Waals surface area contributed by atoms with Gasteiger partial charge in [0, 0.05) is 59.6 Å². The van der Waals surface area contributed by atoms with E-state index < -0.39 is 10.1 Å². The van der Waals surface area contributed by atoms with E-state index in [-0.39, 0.29) is 34.3 Å². The molecule has 46 heavy (non-hydrogen) atoms. The number of carbonyl (C=O) groups is 2. The van der Waals surface area contributed by atoms with Crippen LogP contribution in [0.4, 0.5) is 0 Å². The second-order valence-electron chi connectivity index (χ2n) is 11.2. The standard InChI is InChI=1S/C27H12O3.C9H6O2.CH4O3S/c28-25-16-10-4-1-7-13(16)19-22(25)20-15-9-3-6-12-18(15)27(30)24(20)21-14-8-2-5-11-17(14)26(29)23(19)21;10-8-5-9(11)7-4-2-1-3-6(7)8;1-5(2,3)4/h1-12H;1-4H,5H2;1H3,(H,2,3,4). The minimum Gasteiger partial charge on any atom is -0.294 e. The molecule has 0 heterocycles. The van der Waals surface area contributed by atoms with Crippen molar-refractivity contribution < 1.29 is 22.6 Å². The van der Waals surface area contributed by atoms with E-state index in [9.17, 15) is 32.4 Å². The maximum absolute atomic E-state index is 13.5. The number of hydrogen-bond donors (Lipinski definition) is 1. The summed E-state index contributed by atoms with van der Waals surface area (Å²) in [6.45, 7) is 0. The maximum Gasteiger partial charge on any atom is 0.261 e. The van der Waals surface area contributed by atoms with Gasteiger partial charge in [-0.3, -0.25) is 28.5 Å². The third-order valence-electron chi connectivity index (χ3n) is 8.35. The fourth-order valence-corrected chi connectivity index (χ4v) is 6.65. The summed E-state index contributed by atoms with van der Waals surface area (Å²) < 4.78 is 25.9. The van der Waals surface area contributed by atoms with Crippen molar-refractivity contribution in [1.82, 2.24) is 0 Å². The van der Waals surface area contributed by atoms with Gasteiger partial charge in [-0.05, 0) is 16.2 Å². The predicted octanol–water partition coefficient (Wildman–Crippen LogP) is 5.96. The van der Waals surface area contributed by atoms with Gasteiger partial charge in [0.25, 0.3) is 10.1 Å². The molecule has 0 amide bonds. The first-order chi connectivity index (χ1) is 22.0. The summed E-state index contributed by atoms with van der Waals surface area (Å²) in [6, 6.07) is 29.2. The molecule has 8 aromatic carbocycles. The number of fused-ring (bicyclic) bond motifs is 13. The van der Waals surface area contributed by atoms with Crippen LogP contribution in [0.5, 0.6) is 0 Å². The van der Waals surface area contributed by atoms with Gasteiger partial charge >= 0.3 is 0 Å². The van der Waals surface area contributed by atoms with E-state index in [0.29, 0.717) is 65.9 Å². The highest BCUT2D eigenvalue weighted by molar-refractivity contribution is 7.85. The lowest BCUT2D eigenvalue weighted by molar-refractivity contribution is 0.0923. The van der Waals surface area contributed by atoms with E-state index in [4.69, 9.17) is 4.55 Å². The van der Waals surface area contributed by atoms with Gasteiger partial charge in [0.2, 0.25) is 0 Å². The van der Waals surface area contributed by atoms with Crippen molar-refractivity contribution in [1.29, 1.82) is 0 Å². The fraction of sp³-hybridized carbons (Fsp3) is 0.0541. The molecule has 8 aromatic rings. The van der Waals surface area contributed by atoms with Crippen LogP contribution in [0.25, 0.3) is 64.6 Å². The summed E-state index contributed by atoms with van der Waals surface area (Å²) in [7, 11) is -3.67. The van der Waals surface area contributed by atoms with Gasteiger partial charge in [-0.15, -0.1) is 0 Å². The first-order valence-corrected chi connectivity index (χ1v) is 16.1. The molecule has 1 aliphatic carbocycles. The van der Waals surface area contributed by atoms with Crippen molar-refractivity contribution in [3.63, 3.8) is 0 Å². The van der Waals surface area contributed by atoms with E-state index in [1.165, 1.54) is 0 Å². The van der Waals surface area contributed by atoms with Crippen molar-refractivity contribution in [3.05, 3.63) is 139 Å². The second kappa shape index (κ2) is 10.5. The van der Waals surface area contributed by atoms with Gasteiger partial charge in [-0.1, -0.05) is 97.1 Å². The quantitative estimate of drug-likeness (QED) is 0.161. The molecule has 0 saturated carbocycles. The Bertz CT molecular complexity index is 2560. The average molecular weight is 627 g/mol. The minimum atomic E-state index is -3.67. The summed E-state index contributed by atoms with van der Waals surface area (Å²) in [5, 5.41) is 7.58. The summed E-state index contributed by atoms with van der Waals surface area (Å²) in [4.78, 5) is 62.7. The summed E-state index contributed by atoms with van der Waals surface area (Å²) in [5.74, 6) is -0.101. The first-order valence-electron chi connectivity index (χ1n) is 14.2. The fourth-order valence-electron chi connectivity index (χ4n) is 6.65. The number of rotatable bonds is 0. The van der Waals surface area contributed by atoms with Crippen LogP contribution in [0.2, 0.25) is 0 Å². The summed E-state index contributed by atoms with van der Waals surface area (Å²) in [6.07, 6.45) is 0.770. The van der Waals surface area contributed by atoms with Crippen LogP contribution in [-0.2, 0) is 10.1 Å². The molecule has 0 unspecified atom stereocenters. The van der Waals surface area contributed by atoms with Gasteiger partial charge in [0.1, 0.15) is 0 Å². The Morgan fingerprint density at radius 3 is 0.957 bits per heavy atom. The largest absolute Gasteiger partial charge is 0.294 e. The average Bonchev–Trinajstić information content (AvgIpc) is 3.71. The van der Waals surface area contributed by atoms with Crippen LogP contribution in [0.3, 0.4) is 0 Å². The monoisotopic (exact) mass is 626 g/mol. The number of benzene rings is 5. The molecule has 1 aliphatic rings. The zero-order valence-corrected chi connectivity index (χ0v) is 25.0. The summed E-state index contributed by atoms with van der Waals surface area (Å²) in [5.41, 5.74) is 0.809. The van der Waals surface area contributed by atoms with Gasteiger partial charge in [-0.2, -0.15) is 8.42 Å². The molecule has 9 rings (SSSR count). The molecule has 0 saturated heterocycles. The summed E-state index contributed by atoms with van der Waals surface area (Å²) >= 11 is 0. The second-order valence-corrected chi connectivity index (χ2v) is 12.6. The Morgan fingerprint density at radius 2 is 0.674 bits per heavy atom. The van der Waals surface area contributed by atoms with Crippen molar-refractivity contribution in [3.8, 4) is 0 Å². The van der Waals surface area contributed by atoms with E-state index >= 15 is 0 Å². The van der Waals surface area contributed by atoms with Gasteiger partial charge in [0.05, 0.1) is 12.7 Å². The van der Waals surface area contributed by atoms with E-state index in [2.05, 4.69) is 0 Å². The molecule has 8 nitrogen and oxygen atoms in total. The van der Waals surface area contributed by atoms with Crippen molar-refractivity contribution in [2.75, 3.05) is 6.26 Å². The SMILES string of the molecule is CS(=O)(=O)O.O=C1CC(=O)c2ccccc21.O=c1c2ccccc2c2c1c1c3ccccc3c(=O)c1c1c3ccccc3c(=O)c21. The third-order valence-corrected chi connectivity index (χ3v) is 8.35. The molecule has 9 heteroatoms. The van der Waals surface area contributed by atoms with Crippen LogP contribution in [0.1, 0.15) is 27.1 Å². The van der Waals surface area contributed by atoms with Crippen LogP contribution < -0.4 is 16.3 Å². The Morgan fingerprint density at radius 1 is 0.435 bits per heavy atom. The number of ketones is 2. The van der Waals surface area contributed by atoms with E-state index in [0.717, 1.165) is 16.2 Å². The van der Waals surface area contributed by atoms with Gasteiger partial charge in [-0.25, -0.2) is 0 Å². The Balaban J connectivity index is 0.000000175. The Hall–Kier alpha value is -5.64. The van der Waals surface area contributed by atoms with E-state index in [1.807, 2.05) is 54.6 Å². The van der Waals surface area contributed by atoms with Gasteiger partial charge in [0.15, 0.2) is 27.9 Å².